The molecule has 1 unspecified atom stereocenters. The van der Waals surface area contributed by atoms with Crippen molar-refractivity contribution in [3.63, 3.8) is 0 Å². The van der Waals surface area contributed by atoms with Gasteiger partial charge in [-0.2, -0.15) is 0 Å². The van der Waals surface area contributed by atoms with E-state index in [1.54, 1.807) is 43.5 Å². The topological polar surface area (TPSA) is 67.4 Å². The molecule has 3 aromatic carbocycles. The fraction of sp³-hybridized carbons (Fsp3) is 0.130. The molecule has 0 saturated heterocycles. The molecule has 0 aliphatic carbocycles. The van der Waals surface area contributed by atoms with Crippen LogP contribution in [0.3, 0.4) is 0 Å². The summed E-state index contributed by atoms with van der Waals surface area (Å²) in [7, 11) is 1.54. The van der Waals surface area contributed by atoms with Gasteiger partial charge in [0.25, 0.3) is 5.91 Å². The first-order valence-corrected chi connectivity index (χ1v) is 9.49. The standard InChI is InChI=1S/C23H21ClN2O3/c1-29-21-14-8-7-13-19(21)25-22(27)15-20(16-9-3-2-4-10-16)26-23(28)17-11-5-6-12-18(17)24/h2-14,20H,15H2,1H3,(H,25,27)(H,26,28). The summed E-state index contributed by atoms with van der Waals surface area (Å²) in [6.07, 6.45) is 0.0538. The minimum Gasteiger partial charge on any atom is -0.495 e. The molecular formula is C23H21ClN2O3. The van der Waals surface area contributed by atoms with Gasteiger partial charge in [0.15, 0.2) is 0 Å². The van der Waals surface area contributed by atoms with Crippen LogP contribution < -0.4 is 15.4 Å². The van der Waals surface area contributed by atoms with Crippen LogP contribution in [0.5, 0.6) is 5.75 Å². The zero-order chi connectivity index (χ0) is 20.6. The average molecular weight is 409 g/mol. The molecule has 5 nitrogen and oxygen atoms in total. The molecule has 0 aliphatic heterocycles. The van der Waals surface area contributed by atoms with Gasteiger partial charge in [-0.05, 0) is 29.8 Å². The van der Waals surface area contributed by atoms with E-state index < -0.39 is 6.04 Å². The van der Waals surface area contributed by atoms with Crippen molar-refractivity contribution in [2.75, 3.05) is 12.4 Å². The second kappa shape index (κ2) is 9.75. The van der Waals surface area contributed by atoms with Gasteiger partial charge in [-0.25, -0.2) is 0 Å². The number of amides is 2. The Morgan fingerprint density at radius 1 is 0.931 bits per heavy atom. The monoisotopic (exact) mass is 408 g/mol. The molecule has 29 heavy (non-hydrogen) atoms. The third-order valence-corrected chi connectivity index (χ3v) is 4.73. The molecule has 2 amide bonds. The number of para-hydroxylation sites is 2. The van der Waals surface area contributed by atoms with Gasteiger partial charge in [0.2, 0.25) is 5.91 Å². The van der Waals surface area contributed by atoms with Gasteiger partial charge in [-0.15, -0.1) is 0 Å². The Morgan fingerprint density at radius 2 is 1.59 bits per heavy atom. The van der Waals surface area contributed by atoms with Crippen LogP contribution in [0.4, 0.5) is 5.69 Å². The van der Waals surface area contributed by atoms with Crippen LogP contribution in [0, 0.1) is 0 Å². The molecule has 6 heteroatoms. The molecule has 3 aromatic rings. The summed E-state index contributed by atoms with van der Waals surface area (Å²) in [5.41, 5.74) is 1.76. The van der Waals surface area contributed by atoms with Crippen LogP contribution in [0.1, 0.15) is 28.4 Å². The Kier molecular flexibility index (Phi) is 6.87. The zero-order valence-corrected chi connectivity index (χ0v) is 16.6. The maximum Gasteiger partial charge on any atom is 0.253 e. The Hall–Kier alpha value is -3.31. The number of anilines is 1. The van der Waals surface area contributed by atoms with Crippen molar-refractivity contribution in [2.24, 2.45) is 0 Å². The lowest BCUT2D eigenvalue weighted by Crippen LogP contribution is -2.31. The summed E-state index contributed by atoms with van der Waals surface area (Å²) < 4.78 is 5.27. The minimum absolute atomic E-state index is 0.0538. The number of benzene rings is 3. The number of nitrogens with one attached hydrogen (secondary N) is 2. The molecule has 0 saturated carbocycles. The lowest BCUT2D eigenvalue weighted by molar-refractivity contribution is -0.116. The molecule has 2 N–H and O–H groups in total. The highest BCUT2D eigenvalue weighted by Gasteiger charge is 2.21. The van der Waals surface area contributed by atoms with Gasteiger partial charge in [0.1, 0.15) is 5.75 Å². The molecule has 1 atom stereocenters. The summed E-state index contributed by atoms with van der Waals surface area (Å²) in [6, 6.07) is 22.8. The average Bonchev–Trinajstić information content (AvgIpc) is 2.74. The fourth-order valence-corrected chi connectivity index (χ4v) is 3.18. The number of halogens is 1. The van der Waals surface area contributed by atoms with E-state index in [0.717, 1.165) is 5.56 Å². The third-order valence-electron chi connectivity index (χ3n) is 4.40. The van der Waals surface area contributed by atoms with Crippen LogP contribution >= 0.6 is 11.6 Å². The molecule has 0 fully saturated rings. The summed E-state index contributed by atoms with van der Waals surface area (Å²) in [4.78, 5) is 25.4. The third kappa shape index (κ3) is 5.36. The Morgan fingerprint density at radius 3 is 2.31 bits per heavy atom. The van der Waals surface area contributed by atoms with Crippen molar-refractivity contribution in [2.45, 2.75) is 12.5 Å². The summed E-state index contributed by atoms with van der Waals surface area (Å²) in [5.74, 6) is -0.0189. The van der Waals surface area contributed by atoms with Crippen LogP contribution in [0.2, 0.25) is 5.02 Å². The molecular weight excluding hydrogens is 388 g/mol. The normalized spacial score (nSPS) is 11.4. The van der Waals surface area contributed by atoms with E-state index in [9.17, 15) is 9.59 Å². The first kappa shape index (κ1) is 20.4. The highest BCUT2D eigenvalue weighted by atomic mass is 35.5. The first-order chi connectivity index (χ1) is 14.1. The second-order valence-electron chi connectivity index (χ2n) is 6.37. The van der Waals surface area contributed by atoms with Gasteiger partial charge < -0.3 is 15.4 Å². The lowest BCUT2D eigenvalue weighted by atomic mass is 10.0. The van der Waals surface area contributed by atoms with Gasteiger partial charge in [-0.3, -0.25) is 9.59 Å². The van der Waals surface area contributed by atoms with Crippen LogP contribution in [0.15, 0.2) is 78.9 Å². The maximum absolute atomic E-state index is 12.7. The van der Waals surface area contributed by atoms with E-state index in [4.69, 9.17) is 16.3 Å². The maximum atomic E-state index is 12.7. The Bertz CT molecular complexity index is 992. The van der Waals surface area contributed by atoms with Crippen molar-refractivity contribution in [3.8, 4) is 5.75 Å². The Balaban J connectivity index is 1.78. The number of methoxy groups -OCH3 is 1. The van der Waals surface area contributed by atoms with E-state index in [-0.39, 0.29) is 18.2 Å². The van der Waals surface area contributed by atoms with Gasteiger partial charge in [0, 0.05) is 0 Å². The smallest absolute Gasteiger partial charge is 0.253 e. The van der Waals surface area contributed by atoms with Crippen molar-refractivity contribution < 1.29 is 14.3 Å². The predicted molar refractivity (Wildman–Crippen MR) is 114 cm³/mol. The first-order valence-electron chi connectivity index (χ1n) is 9.11. The second-order valence-corrected chi connectivity index (χ2v) is 6.78. The van der Waals surface area contributed by atoms with E-state index in [0.29, 0.717) is 22.0 Å². The molecule has 148 valence electrons. The van der Waals surface area contributed by atoms with E-state index in [1.165, 1.54) is 0 Å². The van der Waals surface area contributed by atoms with Gasteiger partial charge in [0.05, 0.1) is 35.8 Å². The molecule has 3 rings (SSSR count). The van der Waals surface area contributed by atoms with Crippen LogP contribution in [-0.4, -0.2) is 18.9 Å². The van der Waals surface area contributed by atoms with E-state index >= 15 is 0 Å². The zero-order valence-electron chi connectivity index (χ0n) is 15.9. The number of carbonyl (C=O) groups excluding carboxylic acids is 2. The van der Waals surface area contributed by atoms with Crippen molar-refractivity contribution in [1.29, 1.82) is 0 Å². The van der Waals surface area contributed by atoms with Gasteiger partial charge >= 0.3 is 0 Å². The Labute approximate surface area is 174 Å². The number of hydrogen-bond donors (Lipinski definition) is 2. The number of hydrogen-bond acceptors (Lipinski definition) is 3. The minimum atomic E-state index is -0.519. The van der Waals surface area contributed by atoms with Crippen LogP contribution in [0.25, 0.3) is 0 Å². The van der Waals surface area contributed by atoms with Crippen molar-refractivity contribution in [1.82, 2.24) is 5.32 Å². The molecule has 0 aliphatic rings. The lowest BCUT2D eigenvalue weighted by Gasteiger charge is -2.20. The van der Waals surface area contributed by atoms with E-state index in [1.807, 2.05) is 42.5 Å². The van der Waals surface area contributed by atoms with E-state index in [2.05, 4.69) is 10.6 Å². The molecule has 0 spiro atoms. The molecule has 0 heterocycles. The fourth-order valence-electron chi connectivity index (χ4n) is 2.95. The predicted octanol–water partition coefficient (Wildman–Crippen LogP) is 4.85. The van der Waals surface area contributed by atoms with Crippen LogP contribution in [-0.2, 0) is 4.79 Å². The highest BCUT2D eigenvalue weighted by Crippen LogP contribution is 2.25. The molecule has 0 radical (unpaired) electrons. The number of carbonyl (C=O) groups is 2. The van der Waals surface area contributed by atoms with Crippen molar-refractivity contribution in [3.05, 3.63) is 95.0 Å². The quantitative estimate of drug-likeness (QED) is 0.587. The van der Waals surface area contributed by atoms with Crippen molar-refractivity contribution >= 4 is 29.1 Å². The number of rotatable bonds is 7. The summed E-state index contributed by atoms with van der Waals surface area (Å²) in [6.45, 7) is 0. The molecule has 0 aromatic heterocycles. The molecule has 0 bridgehead atoms. The van der Waals surface area contributed by atoms with Gasteiger partial charge in [-0.1, -0.05) is 66.2 Å². The number of ether oxygens (including phenoxy) is 1. The summed E-state index contributed by atoms with van der Waals surface area (Å²) >= 11 is 6.14. The summed E-state index contributed by atoms with van der Waals surface area (Å²) in [5, 5.41) is 6.12. The largest absolute Gasteiger partial charge is 0.495 e. The SMILES string of the molecule is COc1ccccc1NC(=O)CC(NC(=O)c1ccccc1Cl)c1ccccc1. The highest BCUT2D eigenvalue weighted by molar-refractivity contribution is 6.33.